The highest BCUT2D eigenvalue weighted by atomic mass is 16.7. The minimum atomic E-state index is -0.824. The van der Waals surface area contributed by atoms with E-state index in [4.69, 9.17) is 9.47 Å². The molecule has 2 saturated heterocycles. The lowest BCUT2D eigenvalue weighted by atomic mass is 9.43. The van der Waals surface area contributed by atoms with Gasteiger partial charge in [-0.15, -0.1) is 0 Å². The zero-order valence-electron chi connectivity index (χ0n) is 20.4. The quantitative estimate of drug-likeness (QED) is 0.526. The fourth-order valence-electron chi connectivity index (χ4n) is 10.4. The molecule has 5 nitrogen and oxygen atoms in total. The van der Waals surface area contributed by atoms with Crippen molar-refractivity contribution in [3.63, 3.8) is 0 Å². The molecule has 3 N–H and O–H groups in total. The second-order valence-corrected chi connectivity index (χ2v) is 13.4. The van der Waals surface area contributed by atoms with E-state index in [-0.39, 0.29) is 41.0 Å². The third-order valence-electron chi connectivity index (χ3n) is 11.9. The third-order valence-corrected chi connectivity index (χ3v) is 11.9. The summed E-state index contributed by atoms with van der Waals surface area (Å²) in [6.07, 6.45) is 6.86. The Hall–Kier alpha value is -0.200. The minimum Gasteiger partial charge on any atom is -0.393 e. The van der Waals surface area contributed by atoms with E-state index in [1.807, 2.05) is 0 Å². The second kappa shape index (κ2) is 7.16. The van der Waals surface area contributed by atoms with Crippen LogP contribution in [-0.2, 0) is 9.47 Å². The number of fused-ring (bicyclic) bond motifs is 7. The Balaban J connectivity index is 1.29. The molecule has 1 unspecified atom stereocenters. The third kappa shape index (κ3) is 2.75. The van der Waals surface area contributed by atoms with Crippen LogP contribution in [0.15, 0.2) is 0 Å². The molecule has 6 fully saturated rings. The molecule has 6 rings (SSSR count). The highest BCUT2D eigenvalue weighted by Crippen LogP contribution is 2.71. The fourth-order valence-corrected chi connectivity index (χ4v) is 10.4. The van der Waals surface area contributed by atoms with E-state index in [0.717, 1.165) is 38.5 Å². The average Bonchev–Trinajstić information content (AvgIpc) is 3.18. The lowest BCUT2D eigenvalue weighted by Crippen LogP contribution is -2.59. The van der Waals surface area contributed by atoms with Crippen molar-refractivity contribution >= 4 is 0 Å². The fraction of sp³-hybridized carbons (Fsp3) is 1.00. The summed E-state index contributed by atoms with van der Waals surface area (Å²) in [6, 6.07) is 0. The van der Waals surface area contributed by atoms with E-state index in [2.05, 4.69) is 27.7 Å². The Morgan fingerprint density at radius 3 is 2.31 bits per heavy atom. The number of ether oxygens (including phenoxy) is 2. The summed E-state index contributed by atoms with van der Waals surface area (Å²) in [5.74, 6) is 2.12. The molecule has 0 aromatic rings. The van der Waals surface area contributed by atoms with Crippen LogP contribution in [-0.4, -0.2) is 52.1 Å². The van der Waals surface area contributed by atoms with Gasteiger partial charge in [-0.05, 0) is 97.7 Å². The Bertz CT molecular complexity index is 758. The van der Waals surface area contributed by atoms with Gasteiger partial charge in [0.05, 0.1) is 24.9 Å². The Kier molecular flexibility index (Phi) is 4.99. The topological polar surface area (TPSA) is 79.2 Å². The van der Waals surface area contributed by atoms with Crippen molar-refractivity contribution in [1.82, 2.24) is 0 Å². The van der Waals surface area contributed by atoms with Gasteiger partial charge in [-0.1, -0.05) is 27.7 Å². The number of aliphatic hydroxyl groups excluding tert-OH is 3. The van der Waals surface area contributed by atoms with Gasteiger partial charge in [0.15, 0.2) is 5.79 Å². The van der Waals surface area contributed by atoms with E-state index in [1.54, 1.807) is 0 Å². The first-order chi connectivity index (χ1) is 15.1. The molecule has 4 aliphatic carbocycles. The lowest BCUT2D eigenvalue weighted by molar-refractivity contribution is -0.316. The summed E-state index contributed by atoms with van der Waals surface area (Å²) in [6.45, 7) is 9.98. The average molecular weight is 449 g/mol. The van der Waals surface area contributed by atoms with Gasteiger partial charge in [0.2, 0.25) is 0 Å². The smallest absolute Gasteiger partial charge is 0.197 e. The van der Waals surface area contributed by atoms with Gasteiger partial charge in [0, 0.05) is 5.92 Å². The van der Waals surface area contributed by atoms with Crippen molar-refractivity contribution in [3.8, 4) is 0 Å². The molecule has 0 bridgehead atoms. The van der Waals surface area contributed by atoms with Crippen LogP contribution in [0.4, 0.5) is 0 Å². The van der Waals surface area contributed by atoms with Gasteiger partial charge in [0.25, 0.3) is 0 Å². The van der Waals surface area contributed by atoms with Crippen LogP contribution in [0, 0.1) is 52.3 Å². The maximum absolute atomic E-state index is 11.2. The van der Waals surface area contributed by atoms with Gasteiger partial charge in [-0.3, -0.25) is 0 Å². The zero-order chi connectivity index (χ0) is 22.6. The second-order valence-electron chi connectivity index (χ2n) is 13.4. The van der Waals surface area contributed by atoms with Gasteiger partial charge in [-0.25, -0.2) is 0 Å². The van der Waals surface area contributed by atoms with Crippen LogP contribution < -0.4 is 0 Å². The predicted molar refractivity (Wildman–Crippen MR) is 121 cm³/mol. The maximum atomic E-state index is 11.2. The van der Waals surface area contributed by atoms with Crippen LogP contribution in [0.1, 0.15) is 79.1 Å². The Labute approximate surface area is 193 Å². The van der Waals surface area contributed by atoms with Crippen molar-refractivity contribution in [2.75, 3.05) is 6.61 Å². The molecule has 0 aromatic carbocycles. The summed E-state index contributed by atoms with van der Waals surface area (Å²) < 4.78 is 13.0. The number of hydrogen-bond acceptors (Lipinski definition) is 5. The maximum Gasteiger partial charge on any atom is 0.197 e. The first kappa shape index (κ1) is 22.3. The normalized spacial score (nSPS) is 64.0. The Morgan fingerprint density at radius 2 is 1.56 bits per heavy atom. The monoisotopic (exact) mass is 448 g/mol. The summed E-state index contributed by atoms with van der Waals surface area (Å²) in [5, 5.41) is 32.6. The summed E-state index contributed by atoms with van der Waals surface area (Å²) >= 11 is 0. The molecule has 0 radical (unpaired) electrons. The number of rotatable bonds is 0. The van der Waals surface area contributed by atoms with Crippen LogP contribution in [0.25, 0.3) is 0 Å². The van der Waals surface area contributed by atoms with E-state index in [9.17, 15) is 15.3 Å². The van der Waals surface area contributed by atoms with Crippen molar-refractivity contribution in [2.24, 2.45) is 52.3 Å². The number of aliphatic hydroxyl groups is 3. The first-order valence-corrected chi connectivity index (χ1v) is 13.5. The zero-order valence-corrected chi connectivity index (χ0v) is 20.4. The largest absolute Gasteiger partial charge is 0.393 e. The van der Waals surface area contributed by atoms with Crippen molar-refractivity contribution in [1.29, 1.82) is 0 Å². The molecule has 0 aromatic heterocycles. The van der Waals surface area contributed by atoms with Gasteiger partial charge in [-0.2, -0.15) is 0 Å². The lowest BCUT2D eigenvalue weighted by Gasteiger charge is -2.62. The predicted octanol–water partition coefficient (Wildman–Crippen LogP) is 3.74. The highest BCUT2D eigenvalue weighted by molar-refractivity contribution is 5.17. The molecule has 2 aliphatic heterocycles. The molecule has 32 heavy (non-hydrogen) atoms. The molecular weight excluding hydrogens is 404 g/mol. The molecule has 5 heteroatoms. The van der Waals surface area contributed by atoms with Crippen molar-refractivity contribution in [2.45, 2.75) is 109 Å². The van der Waals surface area contributed by atoms with Gasteiger partial charge in [0.1, 0.15) is 6.10 Å². The van der Waals surface area contributed by atoms with E-state index in [1.165, 1.54) is 12.8 Å². The minimum absolute atomic E-state index is 0.146. The van der Waals surface area contributed by atoms with Crippen LogP contribution in [0.5, 0.6) is 0 Å². The van der Waals surface area contributed by atoms with E-state index < -0.39 is 11.9 Å². The SMILES string of the molecule is C[C@@H]1CO[C@@]2(O[C@H]3C[C@H]4[C@@H]5C[C@H](O)[C@H]6C[C@@H](O)CC[C@]6(C)[C@H]5CC[C@]4(C)[C@H]3[C@@H]2C)C(O)C1. The van der Waals surface area contributed by atoms with Crippen LogP contribution >= 0.6 is 0 Å². The number of hydrogen-bond donors (Lipinski definition) is 3. The molecule has 4 saturated carbocycles. The molecule has 6 aliphatic rings. The van der Waals surface area contributed by atoms with Gasteiger partial charge >= 0.3 is 0 Å². The molecule has 0 amide bonds. The Morgan fingerprint density at radius 1 is 0.812 bits per heavy atom. The molecule has 14 atom stereocenters. The molecule has 2 heterocycles. The summed E-state index contributed by atoms with van der Waals surface area (Å²) in [5.41, 5.74) is 0.324. The van der Waals surface area contributed by atoms with Gasteiger partial charge < -0.3 is 24.8 Å². The van der Waals surface area contributed by atoms with Crippen molar-refractivity contribution < 1.29 is 24.8 Å². The standard InChI is InChI=1S/C27H44O5/c1-14-9-23(30)27(31-13-14)15(2)24-22(32-27)12-19-17-11-21(29)20-10-16(28)5-7-25(20,3)18(17)6-8-26(19,24)4/h14-24,28-30H,5-13H2,1-4H3/t14-,15-,16-,17+,18-,19-,20+,21-,22-,23?,24-,25+,26-,27-/m0/s1. The molecule has 182 valence electrons. The van der Waals surface area contributed by atoms with Crippen LogP contribution in [0.2, 0.25) is 0 Å². The van der Waals surface area contributed by atoms with Crippen LogP contribution in [0.3, 0.4) is 0 Å². The first-order valence-electron chi connectivity index (χ1n) is 13.5. The molecular formula is C27H44O5. The molecule has 1 spiro atoms. The van der Waals surface area contributed by atoms with E-state index >= 15 is 0 Å². The summed E-state index contributed by atoms with van der Waals surface area (Å²) in [4.78, 5) is 0. The highest BCUT2D eigenvalue weighted by Gasteiger charge is 2.71. The summed E-state index contributed by atoms with van der Waals surface area (Å²) in [7, 11) is 0. The van der Waals surface area contributed by atoms with Crippen molar-refractivity contribution in [3.05, 3.63) is 0 Å². The van der Waals surface area contributed by atoms with E-state index in [0.29, 0.717) is 36.2 Å².